The molecule has 92 valence electrons. The van der Waals surface area contributed by atoms with Crippen LogP contribution in [0.5, 0.6) is 5.75 Å². The Morgan fingerprint density at radius 3 is 2.88 bits per heavy atom. The maximum absolute atomic E-state index is 11.8. The van der Waals surface area contributed by atoms with Gasteiger partial charge in [-0.3, -0.25) is 4.79 Å². The summed E-state index contributed by atoms with van der Waals surface area (Å²) in [6, 6.07) is 5.68. The number of methoxy groups -OCH3 is 1. The Labute approximate surface area is 102 Å². The lowest BCUT2D eigenvalue weighted by atomic mass is 9.84. The molecule has 2 rings (SSSR count). The topological polar surface area (TPSA) is 38.3 Å². The number of rotatable bonds is 3. The summed E-state index contributed by atoms with van der Waals surface area (Å²) in [5, 5.41) is 2.95. The summed E-state index contributed by atoms with van der Waals surface area (Å²) in [6.07, 6.45) is 1.06. The molecule has 0 radical (unpaired) electrons. The highest BCUT2D eigenvalue weighted by Gasteiger charge is 2.28. The van der Waals surface area contributed by atoms with Crippen molar-refractivity contribution >= 4 is 5.91 Å². The molecular formula is C14H19NO2. The molecule has 1 aromatic rings. The molecule has 0 aromatic heterocycles. The van der Waals surface area contributed by atoms with E-state index in [1.165, 1.54) is 0 Å². The molecule has 1 unspecified atom stereocenters. The van der Waals surface area contributed by atoms with Crippen LogP contribution in [0.4, 0.5) is 0 Å². The highest BCUT2D eigenvalue weighted by Crippen LogP contribution is 2.35. The van der Waals surface area contributed by atoms with Crippen LogP contribution in [-0.4, -0.2) is 19.6 Å². The standard InChI is InChI=1S/C14H19NO2/c1-9(2)7-10-8-15-14(16)11-5-4-6-12(17-3)13(10)11/h4-6,9-10H,7-8H2,1-3H3,(H,15,16). The van der Waals surface area contributed by atoms with Crippen LogP contribution in [0, 0.1) is 5.92 Å². The van der Waals surface area contributed by atoms with Gasteiger partial charge < -0.3 is 10.1 Å². The molecule has 1 atom stereocenters. The first-order valence-electron chi connectivity index (χ1n) is 6.08. The number of carbonyl (C=O) groups is 1. The third-order valence-electron chi connectivity index (χ3n) is 3.20. The van der Waals surface area contributed by atoms with Gasteiger partial charge in [-0.2, -0.15) is 0 Å². The predicted octanol–water partition coefficient (Wildman–Crippen LogP) is 2.57. The molecule has 17 heavy (non-hydrogen) atoms. The summed E-state index contributed by atoms with van der Waals surface area (Å²) in [5.41, 5.74) is 1.84. The molecule has 0 aliphatic carbocycles. The van der Waals surface area contributed by atoms with E-state index < -0.39 is 0 Å². The van der Waals surface area contributed by atoms with Crippen LogP contribution in [0.3, 0.4) is 0 Å². The Balaban J connectivity index is 2.44. The molecular weight excluding hydrogens is 214 g/mol. The Hall–Kier alpha value is -1.51. The molecule has 1 aliphatic rings. The quantitative estimate of drug-likeness (QED) is 0.871. The van der Waals surface area contributed by atoms with Crippen molar-refractivity contribution in [3.05, 3.63) is 29.3 Å². The second kappa shape index (κ2) is 4.78. The number of fused-ring (bicyclic) bond motifs is 1. The highest BCUT2D eigenvalue weighted by atomic mass is 16.5. The number of benzene rings is 1. The molecule has 0 fully saturated rings. The van der Waals surface area contributed by atoms with Crippen molar-refractivity contribution in [3.8, 4) is 5.75 Å². The Bertz CT molecular complexity index is 426. The van der Waals surface area contributed by atoms with Gasteiger partial charge >= 0.3 is 0 Å². The zero-order chi connectivity index (χ0) is 12.4. The molecule has 1 aromatic carbocycles. The van der Waals surface area contributed by atoms with E-state index in [4.69, 9.17) is 4.74 Å². The summed E-state index contributed by atoms with van der Waals surface area (Å²) < 4.78 is 5.39. The normalized spacial score (nSPS) is 18.8. The fraction of sp³-hybridized carbons (Fsp3) is 0.500. The van der Waals surface area contributed by atoms with E-state index in [1.807, 2.05) is 18.2 Å². The van der Waals surface area contributed by atoms with Crippen LogP contribution in [0.15, 0.2) is 18.2 Å². The minimum atomic E-state index is 0.0129. The van der Waals surface area contributed by atoms with E-state index in [-0.39, 0.29) is 5.91 Å². The van der Waals surface area contributed by atoms with Gasteiger partial charge in [0, 0.05) is 23.6 Å². The molecule has 0 saturated carbocycles. The van der Waals surface area contributed by atoms with Crippen LogP contribution < -0.4 is 10.1 Å². The summed E-state index contributed by atoms with van der Waals surface area (Å²) in [4.78, 5) is 11.8. The van der Waals surface area contributed by atoms with Crippen molar-refractivity contribution in [3.63, 3.8) is 0 Å². The van der Waals surface area contributed by atoms with E-state index in [0.717, 1.165) is 23.3 Å². The highest BCUT2D eigenvalue weighted by molar-refractivity contribution is 5.97. The lowest BCUT2D eigenvalue weighted by molar-refractivity contribution is 0.0937. The average Bonchev–Trinajstić information content (AvgIpc) is 2.31. The predicted molar refractivity (Wildman–Crippen MR) is 67.5 cm³/mol. The van der Waals surface area contributed by atoms with Crippen LogP contribution >= 0.6 is 0 Å². The maximum atomic E-state index is 11.8. The van der Waals surface area contributed by atoms with E-state index >= 15 is 0 Å². The van der Waals surface area contributed by atoms with Crippen LogP contribution in [0.2, 0.25) is 0 Å². The summed E-state index contributed by atoms with van der Waals surface area (Å²) >= 11 is 0. The number of hydrogen-bond donors (Lipinski definition) is 1. The molecule has 0 bridgehead atoms. The zero-order valence-corrected chi connectivity index (χ0v) is 10.6. The number of nitrogens with one attached hydrogen (secondary N) is 1. The SMILES string of the molecule is COc1cccc2c1C(CC(C)C)CNC2=O. The van der Waals surface area contributed by atoms with Crippen LogP contribution in [0.1, 0.15) is 42.1 Å². The van der Waals surface area contributed by atoms with Gasteiger partial charge in [-0.15, -0.1) is 0 Å². The van der Waals surface area contributed by atoms with E-state index in [2.05, 4.69) is 19.2 Å². The van der Waals surface area contributed by atoms with Gasteiger partial charge in [-0.1, -0.05) is 19.9 Å². The Morgan fingerprint density at radius 2 is 2.24 bits per heavy atom. The maximum Gasteiger partial charge on any atom is 0.251 e. The zero-order valence-electron chi connectivity index (χ0n) is 10.6. The van der Waals surface area contributed by atoms with Crippen molar-refractivity contribution in [2.75, 3.05) is 13.7 Å². The fourth-order valence-electron chi connectivity index (χ4n) is 2.52. The van der Waals surface area contributed by atoms with Gasteiger partial charge in [0.1, 0.15) is 5.75 Å². The second-order valence-corrected chi connectivity index (χ2v) is 4.96. The molecule has 1 N–H and O–H groups in total. The fourth-order valence-corrected chi connectivity index (χ4v) is 2.52. The van der Waals surface area contributed by atoms with E-state index in [1.54, 1.807) is 7.11 Å². The molecule has 3 heteroatoms. The monoisotopic (exact) mass is 233 g/mol. The van der Waals surface area contributed by atoms with Gasteiger partial charge in [0.15, 0.2) is 0 Å². The van der Waals surface area contributed by atoms with Crippen molar-refractivity contribution in [2.24, 2.45) is 5.92 Å². The third-order valence-corrected chi connectivity index (χ3v) is 3.20. The minimum absolute atomic E-state index is 0.0129. The van der Waals surface area contributed by atoms with E-state index in [0.29, 0.717) is 18.4 Å². The number of amides is 1. The molecule has 1 aliphatic heterocycles. The first-order valence-corrected chi connectivity index (χ1v) is 6.08. The molecule has 1 amide bonds. The lowest BCUT2D eigenvalue weighted by Crippen LogP contribution is -2.35. The van der Waals surface area contributed by atoms with Crippen molar-refractivity contribution in [1.29, 1.82) is 0 Å². The minimum Gasteiger partial charge on any atom is -0.496 e. The van der Waals surface area contributed by atoms with Gasteiger partial charge in [0.05, 0.1) is 7.11 Å². The van der Waals surface area contributed by atoms with Crippen molar-refractivity contribution in [1.82, 2.24) is 5.32 Å². The first kappa shape index (κ1) is 12.0. The average molecular weight is 233 g/mol. The summed E-state index contributed by atoms with van der Waals surface area (Å²) in [7, 11) is 1.66. The van der Waals surface area contributed by atoms with Gasteiger partial charge in [-0.05, 0) is 24.5 Å². The molecule has 1 heterocycles. The number of ether oxygens (including phenoxy) is 1. The summed E-state index contributed by atoms with van der Waals surface area (Å²) in [6.45, 7) is 5.11. The van der Waals surface area contributed by atoms with Gasteiger partial charge in [-0.25, -0.2) is 0 Å². The number of carbonyl (C=O) groups excluding carboxylic acids is 1. The summed E-state index contributed by atoms with van der Waals surface area (Å²) in [5.74, 6) is 1.81. The molecule has 3 nitrogen and oxygen atoms in total. The van der Waals surface area contributed by atoms with E-state index in [9.17, 15) is 4.79 Å². The third kappa shape index (κ3) is 2.28. The Morgan fingerprint density at radius 1 is 1.47 bits per heavy atom. The largest absolute Gasteiger partial charge is 0.496 e. The first-order chi connectivity index (χ1) is 8.13. The van der Waals surface area contributed by atoms with Crippen LogP contribution in [-0.2, 0) is 0 Å². The van der Waals surface area contributed by atoms with Crippen LogP contribution in [0.25, 0.3) is 0 Å². The lowest BCUT2D eigenvalue weighted by Gasteiger charge is -2.28. The second-order valence-electron chi connectivity index (χ2n) is 4.96. The van der Waals surface area contributed by atoms with Gasteiger partial charge in [0.25, 0.3) is 5.91 Å². The van der Waals surface area contributed by atoms with Crippen molar-refractivity contribution < 1.29 is 9.53 Å². The van der Waals surface area contributed by atoms with Gasteiger partial charge in [0.2, 0.25) is 0 Å². The molecule has 0 spiro atoms. The van der Waals surface area contributed by atoms with Crippen molar-refractivity contribution in [2.45, 2.75) is 26.2 Å². The number of hydrogen-bond acceptors (Lipinski definition) is 2. The molecule has 0 saturated heterocycles. The smallest absolute Gasteiger partial charge is 0.251 e. The Kier molecular flexibility index (Phi) is 3.36.